The number of nitrogens with one attached hydrogen (secondary N) is 1. The van der Waals surface area contributed by atoms with Crippen molar-refractivity contribution in [3.05, 3.63) is 80.3 Å². The van der Waals surface area contributed by atoms with E-state index in [0.29, 0.717) is 5.69 Å². The predicted molar refractivity (Wildman–Crippen MR) is 107 cm³/mol. The first-order chi connectivity index (χ1) is 14.6. The van der Waals surface area contributed by atoms with Gasteiger partial charge in [-0.25, -0.2) is 8.42 Å². The Morgan fingerprint density at radius 1 is 0.935 bits per heavy atom. The third-order valence-corrected chi connectivity index (χ3v) is 5.65. The van der Waals surface area contributed by atoms with Crippen molar-refractivity contribution in [2.45, 2.75) is 11.8 Å². The average Bonchev–Trinajstić information content (AvgIpc) is 3.36. The SMILES string of the molecule is CC(=O)Nc1ccc(S(=O)(=O)C(=Cc2ccc([N+](=O)[O-])o2)c2ccc([N+](=O)[O-])o2)cc1. The Kier molecular flexibility index (Phi) is 5.70. The summed E-state index contributed by atoms with van der Waals surface area (Å²) in [6.45, 7) is 1.29. The molecule has 0 spiro atoms. The van der Waals surface area contributed by atoms with Gasteiger partial charge in [0.25, 0.3) is 0 Å². The van der Waals surface area contributed by atoms with Crippen LogP contribution in [0.3, 0.4) is 0 Å². The summed E-state index contributed by atoms with van der Waals surface area (Å²) in [7, 11) is -4.32. The van der Waals surface area contributed by atoms with Gasteiger partial charge in [0.1, 0.15) is 20.5 Å². The van der Waals surface area contributed by atoms with Crippen molar-refractivity contribution in [1.29, 1.82) is 0 Å². The van der Waals surface area contributed by atoms with E-state index in [1.807, 2.05) is 0 Å². The fourth-order valence-corrected chi connectivity index (χ4v) is 3.93. The maximum Gasteiger partial charge on any atom is 0.433 e. The zero-order chi connectivity index (χ0) is 22.8. The quantitative estimate of drug-likeness (QED) is 0.418. The zero-order valence-electron chi connectivity index (χ0n) is 15.7. The molecule has 13 heteroatoms. The van der Waals surface area contributed by atoms with Gasteiger partial charge in [0.15, 0.2) is 5.76 Å². The van der Waals surface area contributed by atoms with Gasteiger partial charge in [0, 0.05) is 18.7 Å². The van der Waals surface area contributed by atoms with Crippen molar-refractivity contribution in [1.82, 2.24) is 0 Å². The highest BCUT2D eigenvalue weighted by molar-refractivity contribution is 8.00. The lowest BCUT2D eigenvalue weighted by Gasteiger charge is -2.08. The van der Waals surface area contributed by atoms with Crippen molar-refractivity contribution in [2.75, 3.05) is 5.32 Å². The van der Waals surface area contributed by atoms with E-state index in [9.17, 15) is 33.4 Å². The monoisotopic (exact) mass is 447 g/mol. The molecule has 0 aliphatic rings. The Hall–Kier alpha value is -4.26. The number of hydrogen-bond donors (Lipinski definition) is 1. The van der Waals surface area contributed by atoms with Crippen LogP contribution in [0.5, 0.6) is 0 Å². The molecule has 0 saturated heterocycles. The van der Waals surface area contributed by atoms with E-state index in [1.165, 1.54) is 37.3 Å². The lowest BCUT2D eigenvalue weighted by atomic mass is 10.3. The minimum absolute atomic E-state index is 0.181. The minimum atomic E-state index is -4.32. The van der Waals surface area contributed by atoms with Crippen LogP contribution < -0.4 is 5.32 Å². The molecule has 0 atom stereocenters. The molecule has 0 aliphatic carbocycles. The normalized spacial score (nSPS) is 11.8. The Bertz CT molecular complexity index is 1300. The van der Waals surface area contributed by atoms with E-state index in [-0.39, 0.29) is 22.3 Å². The molecule has 3 rings (SSSR count). The highest BCUT2D eigenvalue weighted by Gasteiger charge is 2.28. The Balaban J connectivity index is 2.11. The molecule has 12 nitrogen and oxygen atoms in total. The standard InChI is InChI=1S/C18H13N3O9S/c1-11(22)19-12-2-5-14(6-3-12)31(27,28)16(15-7-9-18(30-15)21(25)26)10-13-4-8-17(29-13)20(23)24/h2-10H,1H3,(H,19,22). The number of rotatable bonds is 7. The van der Waals surface area contributed by atoms with Gasteiger partial charge in [-0.15, -0.1) is 0 Å². The lowest BCUT2D eigenvalue weighted by molar-refractivity contribution is -0.402. The van der Waals surface area contributed by atoms with Crippen LogP contribution >= 0.6 is 0 Å². The van der Waals surface area contributed by atoms with Crippen LogP contribution in [0.15, 0.2) is 62.3 Å². The number of furan rings is 2. The summed E-state index contributed by atoms with van der Waals surface area (Å²) in [5.74, 6) is -2.20. The molecule has 1 aromatic carbocycles. The second-order valence-corrected chi connectivity index (χ2v) is 7.96. The highest BCUT2D eigenvalue weighted by Crippen LogP contribution is 2.34. The van der Waals surface area contributed by atoms with E-state index in [0.717, 1.165) is 24.3 Å². The maximum atomic E-state index is 13.2. The summed E-state index contributed by atoms with van der Waals surface area (Å²) in [6, 6.07) is 9.41. The molecule has 0 unspecified atom stereocenters. The number of benzene rings is 1. The molecule has 1 amide bonds. The fraction of sp³-hybridized carbons (Fsp3) is 0.0556. The largest absolute Gasteiger partial charge is 0.433 e. The van der Waals surface area contributed by atoms with Crippen LogP contribution in [0, 0.1) is 20.2 Å². The fourth-order valence-electron chi connectivity index (χ4n) is 2.53. The van der Waals surface area contributed by atoms with E-state index < -0.39 is 36.4 Å². The van der Waals surface area contributed by atoms with Crippen molar-refractivity contribution in [2.24, 2.45) is 0 Å². The van der Waals surface area contributed by atoms with Gasteiger partial charge in [0.05, 0.1) is 17.0 Å². The van der Waals surface area contributed by atoms with Crippen LogP contribution in [-0.2, 0) is 14.6 Å². The van der Waals surface area contributed by atoms with E-state index in [1.54, 1.807) is 0 Å². The van der Waals surface area contributed by atoms with Crippen molar-refractivity contribution >= 4 is 44.2 Å². The van der Waals surface area contributed by atoms with Gasteiger partial charge in [-0.2, -0.15) is 0 Å². The molecule has 1 N–H and O–H groups in total. The molecular weight excluding hydrogens is 434 g/mol. The summed E-state index contributed by atoms with van der Waals surface area (Å²) in [5, 5.41) is 24.3. The summed E-state index contributed by atoms with van der Waals surface area (Å²) < 4.78 is 36.5. The Morgan fingerprint density at radius 3 is 2.03 bits per heavy atom. The number of sulfone groups is 1. The van der Waals surface area contributed by atoms with Crippen LogP contribution in [0.4, 0.5) is 17.5 Å². The zero-order valence-corrected chi connectivity index (χ0v) is 16.5. The lowest BCUT2D eigenvalue weighted by Crippen LogP contribution is -2.07. The van der Waals surface area contributed by atoms with Crippen LogP contribution in [0.1, 0.15) is 18.4 Å². The van der Waals surface area contributed by atoms with E-state index in [4.69, 9.17) is 8.83 Å². The molecule has 0 saturated carbocycles. The molecule has 0 radical (unpaired) electrons. The number of carbonyl (C=O) groups is 1. The molecule has 0 bridgehead atoms. The molecular formula is C18H13N3O9S. The highest BCUT2D eigenvalue weighted by atomic mass is 32.2. The molecule has 160 valence electrons. The minimum Gasteiger partial charge on any atom is -0.401 e. The Labute approximate surface area is 174 Å². The van der Waals surface area contributed by atoms with Gasteiger partial charge in [-0.1, -0.05) is 0 Å². The first-order valence-corrected chi connectivity index (χ1v) is 9.89. The van der Waals surface area contributed by atoms with Gasteiger partial charge >= 0.3 is 11.8 Å². The number of carbonyl (C=O) groups excluding carboxylic acids is 1. The molecule has 0 aliphatic heterocycles. The van der Waals surface area contributed by atoms with Crippen molar-refractivity contribution in [3.8, 4) is 0 Å². The van der Waals surface area contributed by atoms with Crippen LogP contribution in [0.25, 0.3) is 11.0 Å². The van der Waals surface area contributed by atoms with Crippen LogP contribution in [0.2, 0.25) is 0 Å². The summed E-state index contributed by atoms with van der Waals surface area (Å²) >= 11 is 0. The third kappa shape index (κ3) is 4.67. The summed E-state index contributed by atoms with van der Waals surface area (Å²) in [4.78, 5) is 30.5. The van der Waals surface area contributed by atoms with E-state index >= 15 is 0 Å². The maximum absolute atomic E-state index is 13.2. The molecule has 3 aromatic rings. The molecule has 2 heterocycles. The first-order valence-electron chi connectivity index (χ1n) is 8.41. The van der Waals surface area contributed by atoms with Gasteiger partial charge < -0.3 is 14.2 Å². The molecule has 2 aromatic heterocycles. The molecule has 0 fully saturated rings. The van der Waals surface area contributed by atoms with Gasteiger partial charge in [-0.3, -0.25) is 25.0 Å². The molecule has 31 heavy (non-hydrogen) atoms. The number of amides is 1. The smallest absolute Gasteiger partial charge is 0.401 e. The second-order valence-electron chi connectivity index (χ2n) is 6.05. The average molecular weight is 447 g/mol. The van der Waals surface area contributed by atoms with Crippen molar-refractivity contribution < 1.29 is 31.9 Å². The third-order valence-electron chi connectivity index (χ3n) is 3.86. The van der Waals surface area contributed by atoms with Crippen molar-refractivity contribution in [3.63, 3.8) is 0 Å². The van der Waals surface area contributed by atoms with E-state index in [2.05, 4.69) is 5.32 Å². The number of nitrogens with zero attached hydrogens (tertiary/aromatic N) is 2. The van der Waals surface area contributed by atoms with Crippen LogP contribution in [-0.4, -0.2) is 24.2 Å². The first kappa shape index (κ1) is 21.4. The summed E-state index contributed by atoms with van der Waals surface area (Å²) in [6.07, 6.45) is 0.965. The van der Waals surface area contributed by atoms with Gasteiger partial charge in [-0.05, 0) is 36.4 Å². The number of anilines is 1. The topological polar surface area (TPSA) is 176 Å². The van der Waals surface area contributed by atoms with Gasteiger partial charge in [0.2, 0.25) is 15.7 Å². The Morgan fingerprint density at radius 2 is 1.52 bits per heavy atom. The second kappa shape index (κ2) is 8.23. The number of nitro groups is 2. The summed E-state index contributed by atoms with van der Waals surface area (Å²) in [5.41, 5.74) is 0.354. The predicted octanol–water partition coefficient (Wildman–Crippen LogP) is 3.62. The number of hydrogen-bond acceptors (Lipinski definition) is 9.